The van der Waals surface area contributed by atoms with E-state index in [1.165, 1.54) is 30.3 Å². The van der Waals surface area contributed by atoms with Crippen molar-refractivity contribution < 1.29 is 24.0 Å². The minimum atomic E-state index is -0.506. The summed E-state index contributed by atoms with van der Waals surface area (Å²) in [5.74, 6) is -0.736. The van der Waals surface area contributed by atoms with Gasteiger partial charge in [-0.3, -0.25) is 14.9 Å². The molecule has 1 aliphatic rings. The lowest BCUT2D eigenvalue weighted by molar-refractivity contribution is -0.384. The van der Waals surface area contributed by atoms with Crippen LogP contribution in [0.1, 0.15) is 40.4 Å². The Kier molecular flexibility index (Phi) is 6.01. The van der Waals surface area contributed by atoms with Crippen molar-refractivity contribution in [2.75, 3.05) is 24.7 Å². The number of hydrogen-bond donors (Lipinski definition) is 1. The van der Waals surface area contributed by atoms with Gasteiger partial charge in [-0.25, -0.2) is 4.39 Å². The van der Waals surface area contributed by atoms with Crippen molar-refractivity contribution >= 4 is 17.3 Å². The molecule has 1 aliphatic heterocycles. The first kappa shape index (κ1) is 19.9. The van der Waals surface area contributed by atoms with Crippen LogP contribution >= 0.6 is 0 Å². The summed E-state index contributed by atoms with van der Waals surface area (Å²) in [4.78, 5) is 25.2. The van der Waals surface area contributed by atoms with E-state index in [1.807, 2.05) is 0 Å². The van der Waals surface area contributed by atoms with Crippen molar-refractivity contribution in [1.82, 2.24) is 0 Å². The highest BCUT2D eigenvalue weighted by atomic mass is 19.1. The molecule has 2 aromatic rings. The maximum atomic E-state index is 13.9. The topological polar surface area (TPSA) is 92.9 Å². The monoisotopic (exact) mass is 388 g/mol. The Bertz CT molecular complexity index is 902. The molecule has 1 N–H and O–H groups in total. The van der Waals surface area contributed by atoms with Crippen LogP contribution in [0.5, 0.6) is 0 Å². The van der Waals surface area contributed by atoms with Crippen LogP contribution in [0.2, 0.25) is 0 Å². The van der Waals surface area contributed by atoms with E-state index in [9.17, 15) is 19.3 Å². The number of hydrogen-bond acceptors (Lipinski definition) is 5. The Balaban J connectivity index is 1.99. The van der Waals surface area contributed by atoms with E-state index in [-0.39, 0.29) is 24.8 Å². The van der Waals surface area contributed by atoms with E-state index in [0.29, 0.717) is 41.8 Å². The number of carbonyl (C=O) groups excluding carboxylic acids is 1. The van der Waals surface area contributed by atoms with E-state index >= 15 is 0 Å². The van der Waals surface area contributed by atoms with Gasteiger partial charge in [0.1, 0.15) is 5.82 Å². The van der Waals surface area contributed by atoms with E-state index in [0.717, 1.165) is 0 Å². The minimum absolute atomic E-state index is 0.0788. The SMILES string of the molecule is Cc1cc([N+](=O)[O-])ccc1C(=O)N1CCCC(OCCO)c2cc(F)ccc21. The fourth-order valence-corrected chi connectivity index (χ4v) is 3.47. The molecule has 2 aromatic carbocycles. The Morgan fingerprint density at radius 2 is 2.14 bits per heavy atom. The first-order valence-electron chi connectivity index (χ1n) is 9.01. The van der Waals surface area contributed by atoms with Crippen LogP contribution in [0.3, 0.4) is 0 Å². The number of nitro benzene ring substituents is 1. The number of carbonyl (C=O) groups is 1. The van der Waals surface area contributed by atoms with Crippen molar-refractivity contribution in [2.24, 2.45) is 0 Å². The molecule has 3 rings (SSSR count). The number of non-ortho nitro benzene ring substituents is 1. The molecule has 1 amide bonds. The smallest absolute Gasteiger partial charge is 0.269 e. The fourth-order valence-electron chi connectivity index (χ4n) is 3.47. The van der Waals surface area contributed by atoms with Crippen LogP contribution in [-0.4, -0.2) is 35.7 Å². The fraction of sp³-hybridized carbons (Fsp3) is 0.350. The highest BCUT2D eigenvalue weighted by Gasteiger charge is 2.29. The van der Waals surface area contributed by atoms with Gasteiger partial charge in [0.2, 0.25) is 0 Å². The van der Waals surface area contributed by atoms with E-state index in [1.54, 1.807) is 17.9 Å². The van der Waals surface area contributed by atoms with Crippen molar-refractivity contribution in [3.63, 3.8) is 0 Å². The van der Waals surface area contributed by atoms with Gasteiger partial charge in [0.15, 0.2) is 0 Å². The lowest BCUT2D eigenvalue weighted by Crippen LogP contribution is -2.32. The molecule has 0 aromatic heterocycles. The van der Waals surface area contributed by atoms with E-state index in [4.69, 9.17) is 9.84 Å². The van der Waals surface area contributed by atoms with Gasteiger partial charge in [0.25, 0.3) is 11.6 Å². The summed E-state index contributed by atoms with van der Waals surface area (Å²) in [7, 11) is 0. The summed E-state index contributed by atoms with van der Waals surface area (Å²) < 4.78 is 19.5. The second-order valence-corrected chi connectivity index (χ2v) is 6.64. The molecule has 7 nitrogen and oxygen atoms in total. The number of anilines is 1. The standard InChI is InChI=1S/C20H21FN2O5/c1-13-11-15(23(26)27)5-6-16(13)20(25)22-8-2-3-19(28-10-9-24)17-12-14(21)4-7-18(17)22/h4-7,11-12,19,24H,2-3,8-10H2,1H3. The first-order chi connectivity index (χ1) is 13.4. The third kappa shape index (κ3) is 4.02. The molecule has 0 bridgehead atoms. The molecule has 0 aliphatic carbocycles. The van der Waals surface area contributed by atoms with Gasteiger partial charge >= 0.3 is 0 Å². The Labute approximate surface area is 161 Å². The maximum Gasteiger partial charge on any atom is 0.269 e. The third-order valence-corrected chi connectivity index (χ3v) is 4.78. The molecule has 28 heavy (non-hydrogen) atoms. The van der Waals surface area contributed by atoms with Crippen LogP contribution < -0.4 is 4.90 Å². The lowest BCUT2D eigenvalue weighted by Gasteiger charge is -2.25. The molecule has 0 spiro atoms. The molecule has 0 saturated heterocycles. The van der Waals surface area contributed by atoms with Gasteiger partial charge in [0.05, 0.1) is 24.2 Å². The van der Waals surface area contributed by atoms with Gasteiger partial charge in [-0.1, -0.05) is 0 Å². The predicted octanol–water partition coefficient (Wildman–Crippen LogP) is 3.53. The highest BCUT2D eigenvalue weighted by molar-refractivity contribution is 6.07. The number of benzene rings is 2. The maximum absolute atomic E-state index is 13.9. The third-order valence-electron chi connectivity index (χ3n) is 4.78. The number of fused-ring (bicyclic) bond motifs is 1. The molecule has 1 unspecified atom stereocenters. The number of aliphatic hydroxyl groups is 1. The summed E-state index contributed by atoms with van der Waals surface area (Å²) in [6.07, 6.45) is 0.789. The van der Waals surface area contributed by atoms with Crippen LogP contribution in [0, 0.1) is 22.9 Å². The van der Waals surface area contributed by atoms with Crippen LogP contribution in [-0.2, 0) is 4.74 Å². The molecule has 0 radical (unpaired) electrons. The van der Waals surface area contributed by atoms with Crippen LogP contribution in [0.15, 0.2) is 36.4 Å². The van der Waals surface area contributed by atoms with Crippen molar-refractivity contribution in [3.8, 4) is 0 Å². The van der Waals surface area contributed by atoms with Crippen LogP contribution in [0.4, 0.5) is 15.8 Å². The molecule has 0 saturated carbocycles. The summed E-state index contributed by atoms with van der Waals surface area (Å²) >= 11 is 0. The molecule has 148 valence electrons. The van der Waals surface area contributed by atoms with Crippen molar-refractivity contribution in [2.45, 2.75) is 25.9 Å². The van der Waals surface area contributed by atoms with Gasteiger partial charge < -0.3 is 14.7 Å². The number of halogens is 1. The number of amides is 1. The van der Waals surface area contributed by atoms with Crippen molar-refractivity contribution in [3.05, 3.63) is 69.0 Å². The minimum Gasteiger partial charge on any atom is -0.394 e. The number of nitro groups is 1. The van der Waals surface area contributed by atoms with Gasteiger partial charge in [-0.2, -0.15) is 0 Å². The van der Waals surface area contributed by atoms with Crippen LogP contribution in [0.25, 0.3) is 0 Å². The highest BCUT2D eigenvalue weighted by Crippen LogP contribution is 2.36. The van der Waals surface area contributed by atoms with Gasteiger partial charge in [-0.05, 0) is 49.6 Å². The summed E-state index contributed by atoms with van der Waals surface area (Å²) in [5, 5.41) is 20.0. The number of aliphatic hydroxyl groups excluding tert-OH is 1. The van der Waals surface area contributed by atoms with Gasteiger partial charge in [-0.15, -0.1) is 0 Å². The average molecular weight is 388 g/mol. The van der Waals surface area contributed by atoms with Crippen molar-refractivity contribution in [1.29, 1.82) is 0 Å². The summed E-state index contributed by atoms with van der Waals surface area (Å²) in [6.45, 7) is 2.03. The molecule has 0 fully saturated rings. The molecule has 1 heterocycles. The first-order valence-corrected chi connectivity index (χ1v) is 9.01. The Morgan fingerprint density at radius 3 is 2.82 bits per heavy atom. The zero-order chi connectivity index (χ0) is 20.3. The van der Waals surface area contributed by atoms with Gasteiger partial charge in [0, 0.05) is 35.5 Å². The second kappa shape index (κ2) is 8.45. The zero-order valence-electron chi connectivity index (χ0n) is 15.4. The molecule has 8 heteroatoms. The summed E-state index contributed by atoms with van der Waals surface area (Å²) in [6, 6.07) is 8.30. The molecular weight excluding hydrogens is 367 g/mol. The number of nitrogens with zero attached hydrogens (tertiary/aromatic N) is 2. The number of aryl methyl sites for hydroxylation is 1. The average Bonchev–Trinajstić information content (AvgIpc) is 2.84. The predicted molar refractivity (Wildman–Crippen MR) is 101 cm³/mol. The lowest BCUT2D eigenvalue weighted by atomic mass is 10.0. The van der Waals surface area contributed by atoms with E-state index in [2.05, 4.69) is 0 Å². The quantitative estimate of drug-likeness (QED) is 0.625. The normalized spacial score (nSPS) is 16.4. The number of ether oxygens (including phenoxy) is 1. The Morgan fingerprint density at radius 1 is 1.36 bits per heavy atom. The zero-order valence-corrected chi connectivity index (χ0v) is 15.4. The second-order valence-electron chi connectivity index (χ2n) is 6.64. The Hall–Kier alpha value is -2.84. The summed E-state index contributed by atoms with van der Waals surface area (Å²) in [5.41, 5.74) is 1.88. The number of rotatable bonds is 5. The largest absolute Gasteiger partial charge is 0.394 e. The molecule has 1 atom stereocenters. The molecular formula is C20H21FN2O5. The van der Waals surface area contributed by atoms with E-state index < -0.39 is 16.8 Å².